The summed E-state index contributed by atoms with van der Waals surface area (Å²) in [4.78, 5) is 4.20. The first-order valence-electron chi connectivity index (χ1n) is 5.63. The van der Waals surface area contributed by atoms with Crippen LogP contribution in [0.2, 0.25) is 0 Å². The molecule has 1 aromatic carbocycles. The molecular formula is C13H16BrN3. The zero-order valence-electron chi connectivity index (χ0n) is 9.97. The molecule has 1 unspecified atom stereocenters. The molecule has 1 atom stereocenters. The molecule has 0 radical (unpaired) electrons. The molecule has 0 fully saturated rings. The van der Waals surface area contributed by atoms with Crippen molar-refractivity contribution in [2.45, 2.75) is 19.9 Å². The Morgan fingerprint density at radius 3 is 2.47 bits per heavy atom. The van der Waals surface area contributed by atoms with Crippen LogP contribution in [0.5, 0.6) is 0 Å². The van der Waals surface area contributed by atoms with E-state index in [4.69, 9.17) is 5.73 Å². The summed E-state index contributed by atoms with van der Waals surface area (Å²) in [6, 6.07) is 8.12. The van der Waals surface area contributed by atoms with E-state index in [1.807, 2.05) is 35.0 Å². The van der Waals surface area contributed by atoms with Gasteiger partial charge in [0.2, 0.25) is 0 Å². The van der Waals surface area contributed by atoms with Crippen LogP contribution in [-0.4, -0.2) is 9.55 Å². The van der Waals surface area contributed by atoms with Crippen molar-refractivity contribution in [2.24, 2.45) is 11.7 Å². The minimum absolute atomic E-state index is 0.00106. The standard InChI is InChI=1S/C13H16BrN3/c1-9(2)13(15)12-7-16-8-17(12)11-5-3-10(14)4-6-11/h3-9,13H,15H2,1-2H3. The second-order valence-electron chi connectivity index (χ2n) is 4.43. The van der Waals surface area contributed by atoms with Gasteiger partial charge in [-0.2, -0.15) is 0 Å². The van der Waals surface area contributed by atoms with E-state index in [1.165, 1.54) is 0 Å². The van der Waals surface area contributed by atoms with Crippen LogP contribution >= 0.6 is 15.9 Å². The van der Waals surface area contributed by atoms with Gasteiger partial charge in [-0.25, -0.2) is 4.98 Å². The Labute approximate surface area is 110 Å². The largest absolute Gasteiger partial charge is 0.322 e. The normalized spacial score (nSPS) is 13.0. The molecule has 0 aliphatic carbocycles. The van der Waals surface area contributed by atoms with Gasteiger partial charge in [-0.3, -0.25) is 0 Å². The molecule has 0 aliphatic rings. The molecule has 0 spiro atoms. The molecule has 0 saturated heterocycles. The molecule has 1 aromatic heterocycles. The highest BCUT2D eigenvalue weighted by molar-refractivity contribution is 9.10. The highest BCUT2D eigenvalue weighted by Crippen LogP contribution is 2.22. The quantitative estimate of drug-likeness (QED) is 0.944. The monoisotopic (exact) mass is 293 g/mol. The van der Waals surface area contributed by atoms with Crippen molar-refractivity contribution in [1.29, 1.82) is 0 Å². The van der Waals surface area contributed by atoms with Crippen LogP contribution in [0.15, 0.2) is 41.3 Å². The topological polar surface area (TPSA) is 43.8 Å². The van der Waals surface area contributed by atoms with Gasteiger partial charge in [0.05, 0.1) is 18.2 Å². The van der Waals surface area contributed by atoms with E-state index in [-0.39, 0.29) is 6.04 Å². The molecule has 0 saturated carbocycles. The molecule has 4 heteroatoms. The third-order valence-corrected chi connectivity index (χ3v) is 3.36. The van der Waals surface area contributed by atoms with Crippen LogP contribution in [0, 0.1) is 5.92 Å². The van der Waals surface area contributed by atoms with Crippen LogP contribution in [-0.2, 0) is 0 Å². The molecule has 0 aliphatic heterocycles. The fraction of sp³-hybridized carbons (Fsp3) is 0.308. The lowest BCUT2D eigenvalue weighted by atomic mass is 10.0. The predicted octanol–water partition coefficient (Wildman–Crippen LogP) is 3.29. The molecule has 1 heterocycles. The molecule has 90 valence electrons. The molecule has 0 bridgehead atoms. The van der Waals surface area contributed by atoms with Gasteiger partial charge in [0.1, 0.15) is 0 Å². The zero-order valence-corrected chi connectivity index (χ0v) is 11.6. The summed E-state index contributed by atoms with van der Waals surface area (Å²) in [5, 5.41) is 0. The highest BCUT2D eigenvalue weighted by Gasteiger charge is 2.15. The maximum atomic E-state index is 6.18. The van der Waals surface area contributed by atoms with Gasteiger partial charge in [-0.1, -0.05) is 29.8 Å². The summed E-state index contributed by atoms with van der Waals surface area (Å²) >= 11 is 3.43. The zero-order chi connectivity index (χ0) is 12.4. The van der Waals surface area contributed by atoms with Crippen molar-refractivity contribution in [1.82, 2.24) is 9.55 Å². The third-order valence-electron chi connectivity index (χ3n) is 2.83. The molecule has 0 amide bonds. The second kappa shape index (κ2) is 5.02. The summed E-state index contributed by atoms with van der Waals surface area (Å²) in [5.74, 6) is 0.390. The lowest BCUT2D eigenvalue weighted by Crippen LogP contribution is -2.19. The van der Waals surface area contributed by atoms with Crippen molar-refractivity contribution < 1.29 is 0 Å². The van der Waals surface area contributed by atoms with Gasteiger partial charge >= 0.3 is 0 Å². The van der Waals surface area contributed by atoms with E-state index in [0.29, 0.717) is 5.92 Å². The number of hydrogen-bond donors (Lipinski definition) is 1. The lowest BCUT2D eigenvalue weighted by molar-refractivity contribution is 0.497. The summed E-state index contributed by atoms with van der Waals surface area (Å²) in [7, 11) is 0. The summed E-state index contributed by atoms with van der Waals surface area (Å²) in [6.07, 6.45) is 3.65. The van der Waals surface area contributed by atoms with Crippen molar-refractivity contribution in [2.75, 3.05) is 0 Å². The lowest BCUT2D eigenvalue weighted by Gasteiger charge is -2.17. The number of imidazole rings is 1. The van der Waals surface area contributed by atoms with Crippen LogP contribution in [0.4, 0.5) is 0 Å². The van der Waals surface area contributed by atoms with Gasteiger partial charge in [0.25, 0.3) is 0 Å². The number of benzene rings is 1. The van der Waals surface area contributed by atoms with Crippen LogP contribution in [0.1, 0.15) is 25.6 Å². The van der Waals surface area contributed by atoms with Crippen molar-refractivity contribution in [3.63, 3.8) is 0 Å². The first kappa shape index (κ1) is 12.3. The number of hydrogen-bond acceptors (Lipinski definition) is 2. The van der Waals surface area contributed by atoms with E-state index >= 15 is 0 Å². The Hall–Kier alpha value is -1.13. The van der Waals surface area contributed by atoms with Crippen molar-refractivity contribution in [3.8, 4) is 5.69 Å². The maximum Gasteiger partial charge on any atom is 0.0994 e. The van der Waals surface area contributed by atoms with Crippen LogP contribution in [0.3, 0.4) is 0 Å². The Morgan fingerprint density at radius 2 is 1.88 bits per heavy atom. The van der Waals surface area contributed by atoms with Gasteiger partial charge in [0.15, 0.2) is 0 Å². The van der Waals surface area contributed by atoms with E-state index in [2.05, 4.69) is 34.8 Å². The summed E-state index contributed by atoms with van der Waals surface area (Å²) in [5.41, 5.74) is 8.30. The molecule has 2 aromatic rings. The number of nitrogens with two attached hydrogens (primary N) is 1. The smallest absolute Gasteiger partial charge is 0.0994 e. The van der Waals surface area contributed by atoms with Gasteiger partial charge in [0, 0.05) is 16.2 Å². The SMILES string of the molecule is CC(C)C(N)c1cncn1-c1ccc(Br)cc1. The first-order chi connectivity index (χ1) is 8.09. The Morgan fingerprint density at radius 1 is 1.24 bits per heavy atom. The number of nitrogens with zero attached hydrogens (tertiary/aromatic N) is 2. The molecular weight excluding hydrogens is 278 g/mol. The molecule has 2 rings (SSSR count). The van der Waals surface area contributed by atoms with Crippen LogP contribution < -0.4 is 5.73 Å². The molecule has 17 heavy (non-hydrogen) atoms. The minimum Gasteiger partial charge on any atom is -0.322 e. The average Bonchev–Trinajstić information content (AvgIpc) is 2.77. The third kappa shape index (κ3) is 2.58. The Kier molecular flexibility index (Phi) is 3.64. The van der Waals surface area contributed by atoms with Crippen LogP contribution in [0.25, 0.3) is 5.69 Å². The summed E-state index contributed by atoms with van der Waals surface area (Å²) < 4.78 is 3.10. The molecule has 3 nitrogen and oxygen atoms in total. The predicted molar refractivity (Wildman–Crippen MR) is 73.0 cm³/mol. The number of rotatable bonds is 3. The fourth-order valence-electron chi connectivity index (χ4n) is 1.71. The molecule has 2 N–H and O–H groups in total. The van der Waals surface area contributed by atoms with E-state index in [1.54, 1.807) is 6.33 Å². The fourth-order valence-corrected chi connectivity index (χ4v) is 1.98. The van der Waals surface area contributed by atoms with E-state index in [9.17, 15) is 0 Å². The number of halogens is 1. The van der Waals surface area contributed by atoms with E-state index < -0.39 is 0 Å². The Bertz CT molecular complexity index is 488. The second-order valence-corrected chi connectivity index (χ2v) is 5.35. The maximum absolute atomic E-state index is 6.18. The van der Waals surface area contributed by atoms with Gasteiger partial charge in [-0.15, -0.1) is 0 Å². The Balaban J connectivity index is 2.40. The van der Waals surface area contributed by atoms with E-state index in [0.717, 1.165) is 15.9 Å². The minimum atomic E-state index is 0.00106. The first-order valence-corrected chi connectivity index (χ1v) is 6.42. The van der Waals surface area contributed by atoms with Gasteiger partial charge in [-0.05, 0) is 30.2 Å². The highest BCUT2D eigenvalue weighted by atomic mass is 79.9. The number of aromatic nitrogens is 2. The summed E-state index contributed by atoms with van der Waals surface area (Å²) in [6.45, 7) is 4.23. The average molecular weight is 294 g/mol. The van der Waals surface area contributed by atoms with Crippen molar-refractivity contribution >= 4 is 15.9 Å². The van der Waals surface area contributed by atoms with Gasteiger partial charge < -0.3 is 10.3 Å². The van der Waals surface area contributed by atoms with Crippen molar-refractivity contribution in [3.05, 3.63) is 47.0 Å².